The summed E-state index contributed by atoms with van der Waals surface area (Å²) in [6.45, 7) is -0.203. The van der Waals surface area contributed by atoms with Crippen LogP contribution in [0.2, 0.25) is 5.02 Å². The number of halogens is 1. The van der Waals surface area contributed by atoms with Crippen molar-refractivity contribution in [3.05, 3.63) is 83.4 Å². The van der Waals surface area contributed by atoms with Crippen LogP contribution in [0.5, 0.6) is 11.5 Å². The molecule has 0 heterocycles. The number of carbonyl (C=O) groups is 1. The van der Waals surface area contributed by atoms with E-state index in [-0.39, 0.29) is 11.4 Å². The first-order chi connectivity index (χ1) is 15.3. The van der Waals surface area contributed by atoms with Crippen molar-refractivity contribution in [2.75, 3.05) is 25.1 Å². The molecule has 32 heavy (non-hydrogen) atoms. The molecule has 0 spiro atoms. The van der Waals surface area contributed by atoms with E-state index in [2.05, 4.69) is 5.32 Å². The number of methoxy groups -OCH3 is 2. The lowest BCUT2D eigenvalue weighted by Gasteiger charge is -2.24. The predicted octanol–water partition coefficient (Wildman–Crippen LogP) is 3.87. The highest BCUT2D eigenvalue weighted by Crippen LogP contribution is 2.28. The van der Waals surface area contributed by atoms with Gasteiger partial charge in [0.2, 0.25) is 5.91 Å². The second-order valence-corrected chi connectivity index (χ2v) is 9.07. The molecule has 9 heteroatoms. The second kappa shape index (κ2) is 10.4. The summed E-state index contributed by atoms with van der Waals surface area (Å²) in [7, 11) is -0.906. The molecule has 0 atom stereocenters. The lowest BCUT2D eigenvalue weighted by molar-refractivity contribution is -0.119. The van der Waals surface area contributed by atoms with Crippen molar-refractivity contribution in [3.8, 4) is 11.5 Å². The molecule has 0 unspecified atom stereocenters. The molecular formula is C23H23ClN2O5S. The Hall–Kier alpha value is -3.23. The Balaban J connectivity index is 1.80. The van der Waals surface area contributed by atoms with Crippen molar-refractivity contribution in [1.29, 1.82) is 0 Å². The summed E-state index contributed by atoms with van der Waals surface area (Å²) in [5.41, 5.74) is 1.11. The van der Waals surface area contributed by atoms with E-state index >= 15 is 0 Å². The molecule has 7 nitrogen and oxygen atoms in total. The van der Waals surface area contributed by atoms with Gasteiger partial charge < -0.3 is 14.8 Å². The highest BCUT2D eigenvalue weighted by Gasteiger charge is 2.27. The topological polar surface area (TPSA) is 84.9 Å². The fourth-order valence-corrected chi connectivity index (χ4v) is 4.59. The molecule has 0 aromatic heterocycles. The second-order valence-electron chi connectivity index (χ2n) is 6.77. The van der Waals surface area contributed by atoms with Crippen molar-refractivity contribution in [2.45, 2.75) is 11.4 Å². The van der Waals surface area contributed by atoms with Crippen LogP contribution in [0.4, 0.5) is 5.69 Å². The third-order valence-electron chi connectivity index (χ3n) is 4.67. The molecule has 0 saturated heterocycles. The maximum Gasteiger partial charge on any atom is 0.264 e. The third-order valence-corrected chi connectivity index (χ3v) is 6.71. The van der Waals surface area contributed by atoms with Crippen LogP contribution in [0.3, 0.4) is 0 Å². The Morgan fingerprint density at radius 1 is 0.938 bits per heavy atom. The first kappa shape index (κ1) is 23.4. The number of benzene rings is 3. The van der Waals surface area contributed by atoms with E-state index in [1.165, 1.54) is 26.4 Å². The molecule has 3 rings (SSSR count). The van der Waals surface area contributed by atoms with Crippen LogP contribution in [0.15, 0.2) is 77.7 Å². The minimum Gasteiger partial charge on any atom is -0.493 e. The normalized spacial score (nSPS) is 11.0. The Labute approximate surface area is 192 Å². The third kappa shape index (κ3) is 5.52. The van der Waals surface area contributed by atoms with Crippen molar-refractivity contribution in [1.82, 2.24) is 5.32 Å². The van der Waals surface area contributed by atoms with Crippen molar-refractivity contribution >= 4 is 33.2 Å². The minimum atomic E-state index is -3.97. The molecule has 168 valence electrons. The van der Waals surface area contributed by atoms with Gasteiger partial charge in [-0.1, -0.05) is 35.9 Å². The van der Waals surface area contributed by atoms with Gasteiger partial charge >= 0.3 is 0 Å². The molecule has 0 fully saturated rings. The largest absolute Gasteiger partial charge is 0.493 e. The number of rotatable bonds is 9. The zero-order chi connectivity index (χ0) is 23.1. The van der Waals surface area contributed by atoms with E-state index in [0.717, 1.165) is 9.87 Å². The minimum absolute atomic E-state index is 0.0858. The van der Waals surface area contributed by atoms with Gasteiger partial charge in [0.05, 0.1) is 24.8 Å². The van der Waals surface area contributed by atoms with E-state index in [4.69, 9.17) is 21.1 Å². The summed E-state index contributed by atoms with van der Waals surface area (Å²) in [4.78, 5) is 12.8. The number of carbonyl (C=O) groups excluding carboxylic acids is 1. The number of ether oxygens (including phenoxy) is 2. The number of nitrogens with zero attached hydrogens (tertiary/aromatic N) is 1. The monoisotopic (exact) mass is 474 g/mol. The summed E-state index contributed by atoms with van der Waals surface area (Å²) in [6.07, 6.45) is 0. The fourth-order valence-electron chi connectivity index (χ4n) is 3.02. The first-order valence-corrected chi connectivity index (χ1v) is 11.5. The number of hydrogen-bond acceptors (Lipinski definition) is 5. The highest BCUT2D eigenvalue weighted by molar-refractivity contribution is 7.92. The fraction of sp³-hybridized carbons (Fsp3) is 0.174. The maximum absolute atomic E-state index is 13.3. The van der Waals surface area contributed by atoms with Crippen LogP contribution in [0, 0.1) is 0 Å². The van der Waals surface area contributed by atoms with Gasteiger partial charge in [-0.25, -0.2) is 8.42 Å². The quantitative estimate of drug-likeness (QED) is 0.509. The van der Waals surface area contributed by atoms with E-state index in [1.807, 2.05) is 0 Å². The Morgan fingerprint density at radius 2 is 1.59 bits per heavy atom. The van der Waals surface area contributed by atoms with Crippen LogP contribution in [0.1, 0.15) is 5.56 Å². The smallest absolute Gasteiger partial charge is 0.264 e. The molecule has 3 aromatic carbocycles. The summed E-state index contributed by atoms with van der Waals surface area (Å²) in [6, 6.07) is 19.5. The van der Waals surface area contributed by atoms with E-state index in [0.29, 0.717) is 22.2 Å². The van der Waals surface area contributed by atoms with Crippen LogP contribution in [0.25, 0.3) is 0 Å². The molecule has 0 radical (unpaired) electrons. The van der Waals surface area contributed by atoms with E-state index in [1.54, 1.807) is 60.7 Å². The Kier molecular flexibility index (Phi) is 7.61. The molecule has 0 saturated carbocycles. The van der Waals surface area contributed by atoms with Gasteiger partial charge in [-0.15, -0.1) is 0 Å². The summed E-state index contributed by atoms with van der Waals surface area (Å²) in [5.74, 6) is 0.647. The molecule has 1 amide bonds. The molecule has 0 aliphatic rings. The van der Waals surface area contributed by atoms with Crippen molar-refractivity contribution < 1.29 is 22.7 Å². The van der Waals surface area contributed by atoms with Crippen molar-refractivity contribution in [3.63, 3.8) is 0 Å². The number of nitrogens with one attached hydrogen (secondary N) is 1. The highest BCUT2D eigenvalue weighted by atomic mass is 35.5. The van der Waals surface area contributed by atoms with Crippen LogP contribution in [-0.4, -0.2) is 35.1 Å². The SMILES string of the molecule is COc1ccc(CNC(=O)CN(c2ccc(Cl)cc2)S(=O)(=O)c2ccccc2)cc1OC. The van der Waals surface area contributed by atoms with Gasteiger partial charge in [0.1, 0.15) is 6.54 Å². The van der Waals surface area contributed by atoms with Gasteiger partial charge in [-0.05, 0) is 54.1 Å². The predicted molar refractivity (Wildman–Crippen MR) is 124 cm³/mol. The van der Waals surface area contributed by atoms with Crippen molar-refractivity contribution in [2.24, 2.45) is 0 Å². The number of amides is 1. The average Bonchev–Trinajstić information content (AvgIpc) is 2.82. The number of hydrogen-bond donors (Lipinski definition) is 1. The van der Waals surface area contributed by atoms with E-state index < -0.39 is 22.5 Å². The Bertz CT molecular complexity index is 1170. The summed E-state index contributed by atoms with van der Waals surface area (Å²) >= 11 is 5.95. The Morgan fingerprint density at radius 3 is 2.22 bits per heavy atom. The van der Waals surface area contributed by atoms with Crippen LogP contribution in [-0.2, 0) is 21.4 Å². The van der Waals surface area contributed by atoms with Gasteiger partial charge in [-0.2, -0.15) is 0 Å². The summed E-state index contributed by atoms with van der Waals surface area (Å²) in [5, 5.41) is 3.22. The summed E-state index contributed by atoms with van der Waals surface area (Å²) < 4.78 is 38.1. The zero-order valence-corrected chi connectivity index (χ0v) is 19.2. The standard InChI is InChI=1S/C23H23ClN2O5S/c1-30-21-13-8-17(14-22(21)31-2)15-25-23(27)16-26(19-11-9-18(24)10-12-19)32(28,29)20-6-4-3-5-7-20/h3-14H,15-16H2,1-2H3,(H,25,27). The number of sulfonamides is 1. The molecule has 0 aliphatic heterocycles. The van der Waals surface area contributed by atoms with Crippen LogP contribution < -0.4 is 19.1 Å². The van der Waals surface area contributed by atoms with Gasteiger partial charge in [-0.3, -0.25) is 9.10 Å². The van der Waals surface area contributed by atoms with Crippen LogP contribution >= 0.6 is 11.6 Å². The lowest BCUT2D eigenvalue weighted by atomic mass is 10.2. The van der Waals surface area contributed by atoms with Gasteiger partial charge in [0, 0.05) is 11.6 Å². The van der Waals surface area contributed by atoms with Gasteiger partial charge in [0.25, 0.3) is 10.0 Å². The average molecular weight is 475 g/mol. The number of anilines is 1. The molecule has 0 bridgehead atoms. The molecule has 3 aromatic rings. The molecular weight excluding hydrogens is 452 g/mol. The molecule has 1 N–H and O–H groups in total. The zero-order valence-electron chi connectivity index (χ0n) is 17.6. The lowest BCUT2D eigenvalue weighted by Crippen LogP contribution is -2.40. The van der Waals surface area contributed by atoms with Gasteiger partial charge in [0.15, 0.2) is 11.5 Å². The van der Waals surface area contributed by atoms with E-state index in [9.17, 15) is 13.2 Å². The molecule has 0 aliphatic carbocycles. The first-order valence-electron chi connectivity index (χ1n) is 9.66. The maximum atomic E-state index is 13.3.